The average molecular weight is 390 g/mol. The zero-order valence-electron chi connectivity index (χ0n) is 16.5. The lowest BCUT2D eigenvalue weighted by atomic mass is 10.0. The molecule has 0 amide bonds. The van der Waals surface area contributed by atoms with Crippen LogP contribution in [0.5, 0.6) is 0 Å². The standard InChI is InChI=1S/C21H29ClN4O/c1-4-26(21-10-5-6-11-23-21)13-12-25(3)16(2)19-15-20(27-24-19)17-8-7-9-18(22)14-17/h5,7-10,14,16,20H,4,6,11-13,15H2,1-3H3/p+1. The first kappa shape index (κ1) is 19.9. The van der Waals surface area contributed by atoms with Crippen LogP contribution in [0.4, 0.5) is 0 Å². The molecule has 1 aromatic carbocycles. The van der Waals surface area contributed by atoms with Gasteiger partial charge in [-0.05, 0) is 44.0 Å². The molecule has 6 heteroatoms. The van der Waals surface area contributed by atoms with E-state index in [9.17, 15) is 0 Å². The summed E-state index contributed by atoms with van der Waals surface area (Å²) in [5, 5.41) is 5.12. The molecule has 27 heavy (non-hydrogen) atoms. The SMILES string of the molecule is CCN(CC[NH+](C)C(C)C1=NOC(c2cccc(Cl)c2)C1)C1=NCCC=C1. The number of benzene rings is 1. The van der Waals surface area contributed by atoms with Gasteiger partial charge in [0, 0.05) is 24.5 Å². The number of hydrogen-bond donors (Lipinski definition) is 1. The summed E-state index contributed by atoms with van der Waals surface area (Å²) in [6.45, 7) is 8.32. The van der Waals surface area contributed by atoms with Crippen LogP contribution in [0, 0.1) is 0 Å². The van der Waals surface area contributed by atoms with Crippen molar-refractivity contribution in [3.8, 4) is 0 Å². The van der Waals surface area contributed by atoms with E-state index in [1.165, 1.54) is 4.90 Å². The number of rotatable bonds is 7. The molecule has 2 heterocycles. The highest BCUT2D eigenvalue weighted by Gasteiger charge is 2.30. The minimum absolute atomic E-state index is 0.0252. The van der Waals surface area contributed by atoms with E-state index in [1.54, 1.807) is 0 Å². The van der Waals surface area contributed by atoms with Crippen LogP contribution in [0.2, 0.25) is 5.02 Å². The van der Waals surface area contributed by atoms with Crippen molar-refractivity contribution in [2.75, 3.05) is 33.2 Å². The maximum absolute atomic E-state index is 6.11. The second-order valence-corrected chi connectivity index (χ2v) is 7.70. The number of halogens is 1. The van der Waals surface area contributed by atoms with Gasteiger partial charge in [-0.25, -0.2) is 0 Å². The summed E-state index contributed by atoms with van der Waals surface area (Å²) in [6, 6.07) is 8.17. The van der Waals surface area contributed by atoms with Crippen LogP contribution in [0.25, 0.3) is 0 Å². The molecule has 0 radical (unpaired) electrons. The first-order chi connectivity index (χ1) is 13.1. The first-order valence-corrected chi connectivity index (χ1v) is 10.2. The summed E-state index contributed by atoms with van der Waals surface area (Å²) in [7, 11) is 2.23. The Morgan fingerprint density at radius 2 is 2.26 bits per heavy atom. The number of nitrogens with one attached hydrogen (secondary N) is 1. The lowest BCUT2D eigenvalue weighted by Gasteiger charge is -2.27. The van der Waals surface area contributed by atoms with Gasteiger partial charge >= 0.3 is 0 Å². The molecule has 2 aliphatic heterocycles. The summed E-state index contributed by atoms with van der Waals surface area (Å²) in [5.41, 5.74) is 2.21. The molecule has 0 aromatic heterocycles. The first-order valence-electron chi connectivity index (χ1n) is 9.84. The van der Waals surface area contributed by atoms with Gasteiger partial charge in [0.25, 0.3) is 0 Å². The molecule has 3 rings (SSSR count). The van der Waals surface area contributed by atoms with Crippen molar-refractivity contribution in [3.63, 3.8) is 0 Å². The quantitative estimate of drug-likeness (QED) is 0.779. The molecular formula is C21H30ClN4O+. The highest BCUT2D eigenvalue weighted by atomic mass is 35.5. The molecule has 0 saturated heterocycles. The summed E-state index contributed by atoms with van der Waals surface area (Å²) in [6.07, 6.45) is 6.21. The molecule has 0 fully saturated rings. The van der Waals surface area contributed by atoms with Gasteiger partial charge in [-0.1, -0.05) is 35.0 Å². The van der Waals surface area contributed by atoms with E-state index in [1.807, 2.05) is 24.3 Å². The van der Waals surface area contributed by atoms with Crippen LogP contribution in [-0.2, 0) is 4.84 Å². The Hall–Kier alpha value is -1.85. The van der Waals surface area contributed by atoms with Gasteiger partial charge in [0.1, 0.15) is 17.6 Å². The van der Waals surface area contributed by atoms with Crippen LogP contribution in [0.15, 0.2) is 46.6 Å². The Morgan fingerprint density at radius 1 is 1.41 bits per heavy atom. The van der Waals surface area contributed by atoms with E-state index in [-0.39, 0.29) is 6.10 Å². The van der Waals surface area contributed by atoms with Gasteiger partial charge in [0.05, 0.1) is 20.1 Å². The molecule has 0 aliphatic carbocycles. The zero-order chi connectivity index (χ0) is 19.2. The number of aliphatic imine (C=N–C) groups is 1. The van der Waals surface area contributed by atoms with Crippen molar-refractivity contribution in [1.82, 2.24) is 4.90 Å². The predicted molar refractivity (Wildman–Crippen MR) is 112 cm³/mol. The maximum atomic E-state index is 6.11. The number of hydrogen-bond acceptors (Lipinski definition) is 4. The lowest BCUT2D eigenvalue weighted by Crippen LogP contribution is -3.14. The van der Waals surface area contributed by atoms with Crippen LogP contribution < -0.4 is 4.90 Å². The van der Waals surface area contributed by atoms with Gasteiger partial charge in [0.2, 0.25) is 0 Å². The normalized spacial score (nSPS) is 21.3. The smallest absolute Gasteiger partial charge is 0.158 e. The fourth-order valence-corrected chi connectivity index (χ4v) is 3.68. The van der Waals surface area contributed by atoms with Crippen molar-refractivity contribution in [2.24, 2.45) is 10.1 Å². The third-order valence-electron chi connectivity index (χ3n) is 5.47. The lowest BCUT2D eigenvalue weighted by molar-refractivity contribution is -0.892. The predicted octanol–water partition coefficient (Wildman–Crippen LogP) is 2.74. The fraction of sp³-hybridized carbons (Fsp3) is 0.524. The molecule has 0 bridgehead atoms. The van der Waals surface area contributed by atoms with Crippen molar-refractivity contribution < 1.29 is 9.74 Å². The van der Waals surface area contributed by atoms with E-state index in [4.69, 9.17) is 16.4 Å². The number of quaternary nitrogens is 1. The van der Waals surface area contributed by atoms with Crippen molar-refractivity contribution in [3.05, 3.63) is 47.0 Å². The Balaban J connectivity index is 1.52. The molecule has 0 saturated carbocycles. The highest BCUT2D eigenvalue weighted by molar-refractivity contribution is 6.30. The number of amidine groups is 1. The van der Waals surface area contributed by atoms with Gasteiger partial charge < -0.3 is 14.6 Å². The van der Waals surface area contributed by atoms with E-state index in [0.29, 0.717) is 6.04 Å². The molecule has 2 aliphatic rings. The molecule has 3 atom stereocenters. The summed E-state index contributed by atoms with van der Waals surface area (Å²) in [4.78, 5) is 14.1. The third kappa shape index (κ3) is 5.11. The van der Waals surface area contributed by atoms with Gasteiger partial charge in [-0.15, -0.1) is 0 Å². The second kappa shape index (κ2) is 9.38. The van der Waals surface area contributed by atoms with Crippen LogP contribution in [0.1, 0.15) is 38.4 Å². The Morgan fingerprint density at radius 3 is 2.96 bits per heavy atom. The maximum Gasteiger partial charge on any atom is 0.158 e. The van der Waals surface area contributed by atoms with E-state index in [2.05, 4.69) is 48.1 Å². The molecule has 146 valence electrons. The minimum Gasteiger partial charge on any atom is -0.387 e. The molecule has 5 nitrogen and oxygen atoms in total. The highest BCUT2D eigenvalue weighted by Crippen LogP contribution is 2.29. The van der Waals surface area contributed by atoms with Gasteiger partial charge in [-0.3, -0.25) is 4.99 Å². The van der Waals surface area contributed by atoms with E-state index >= 15 is 0 Å². The number of likely N-dealkylation sites (N-methyl/N-ethyl adjacent to an activating group) is 2. The van der Waals surface area contributed by atoms with Crippen molar-refractivity contribution >= 4 is 23.1 Å². The summed E-state index contributed by atoms with van der Waals surface area (Å²) < 4.78 is 0. The Labute approximate surface area is 167 Å². The monoisotopic (exact) mass is 389 g/mol. The van der Waals surface area contributed by atoms with Gasteiger partial charge in [0.15, 0.2) is 6.10 Å². The van der Waals surface area contributed by atoms with Gasteiger partial charge in [-0.2, -0.15) is 0 Å². The number of oxime groups is 1. The summed E-state index contributed by atoms with van der Waals surface area (Å²) in [5.74, 6) is 1.12. The molecular weight excluding hydrogens is 360 g/mol. The number of nitrogens with zero attached hydrogens (tertiary/aromatic N) is 3. The largest absolute Gasteiger partial charge is 0.387 e. The number of dihydropyridines is 1. The van der Waals surface area contributed by atoms with Crippen molar-refractivity contribution in [2.45, 2.75) is 38.8 Å². The van der Waals surface area contributed by atoms with Crippen LogP contribution in [-0.4, -0.2) is 55.7 Å². The summed E-state index contributed by atoms with van der Waals surface area (Å²) >= 11 is 6.11. The van der Waals surface area contributed by atoms with Crippen molar-refractivity contribution in [1.29, 1.82) is 0 Å². The molecule has 0 spiro atoms. The zero-order valence-corrected chi connectivity index (χ0v) is 17.2. The average Bonchev–Trinajstić information content (AvgIpc) is 3.19. The van der Waals surface area contributed by atoms with Crippen LogP contribution in [0.3, 0.4) is 0 Å². The minimum atomic E-state index is -0.0252. The molecule has 3 unspecified atom stereocenters. The second-order valence-electron chi connectivity index (χ2n) is 7.26. The molecule has 1 N–H and O–H groups in total. The topological polar surface area (TPSA) is 41.6 Å². The Bertz CT molecular complexity index is 731. The molecule has 1 aromatic rings. The Kier molecular flexibility index (Phi) is 6.91. The fourth-order valence-electron chi connectivity index (χ4n) is 3.48. The van der Waals surface area contributed by atoms with E-state index < -0.39 is 0 Å². The van der Waals surface area contributed by atoms with E-state index in [0.717, 1.165) is 61.2 Å². The van der Waals surface area contributed by atoms with Crippen LogP contribution >= 0.6 is 11.6 Å². The third-order valence-corrected chi connectivity index (χ3v) is 5.70.